The Morgan fingerprint density at radius 2 is 1.53 bits per heavy atom. The molecule has 0 radical (unpaired) electrons. The average molecular weight is 483 g/mol. The minimum Gasteiger partial charge on any atom is -0.445 e. The zero-order valence-electron chi connectivity index (χ0n) is 20.2. The summed E-state index contributed by atoms with van der Waals surface area (Å²) in [6, 6.07) is 28.0. The van der Waals surface area contributed by atoms with Crippen LogP contribution in [0, 0.1) is 11.3 Å². The fourth-order valence-electron chi connectivity index (χ4n) is 4.32. The Hall–Kier alpha value is -4.31. The molecule has 0 aromatic heterocycles. The van der Waals surface area contributed by atoms with Crippen molar-refractivity contribution in [2.45, 2.75) is 25.5 Å². The molecule has 2 amide bonds. The average Bonchev–Trinajstić information content (AvgIpc) is 3.19. The quantitative estimate of drug-likeness (QED) is 0.547. The SMILES string of the molecule is N#Cc1ccc(N2CCCN(C(=O)[C@H](Cc3ccccc3)NC(=O)OCc3ccccc3)CC2)cc1. The van der Waals surface area contributed by atoms with Crippen LogP contribution >= 0.6 is 0 Å². The monoisotopic (exact) mass is 482 g/mol. The number of nitriles is 1. The molecule has 1 heterocycles. The van der Waals surface area contributed by atoms with Crippen molar-refractivity contribution in [1.29, 1.82) is 5.26 Å². The number of hydrogen-bond acceptors (Lipinski definition) is 5. The van der Waals surface area contributed by atoms with Crippen LogP contribution in [0.1, 0.15) is 23.1 Å². The summed E-state index contributed by atoms with van der Waals surface area (Å²) in [4.78, 5) is 30.3. The number of carbonyl (C=O) groups is 2. The summed E-state index contributed by atoms with van der Waals surface area (Å²) in [6.45, 7) is 2.78. The van der Waals surface area contributed by atoms with Crippen molar-refractivity contribution in [1.82, 2.24) is 10.2 Å². The van der Waals surface area contributed by atoms with Crippen molar-refractivity contribution in [3.63, 3.8) is 0 Å². The van der Waals surface area contributed by atoms with Gasteiger partial charge in [-0.2, -0.15) is 5.26 Å². The van der Waals surface area contributed by atoms with Crippen molar-refractivity contribution in [3.05, 3.63) is 102 Å². The summed E-state index contributed by atoms with van der Waals surface area (Å²) in [5, 5.41) is 11.9. The van der Waals surface area contributed by atoms with E-state index in [-0.39, 0.29) is 12.5 Å². The number of nitrogens with one attached hydrogen (secondary N) is 1. The molecule has 0 saturated carbocycles. The minimum absolute atomic E-state index is 0.114. The number of ether oxygens (including phenoxy) is 1. The second-order valence-electron chi connectivity index (χ2n) is 8.77. The fourth-order valence-corrected chi connectivity index (χ4v) is 4.32. The molecule has 3 aromatic carbocycles. The number of rotatable bonds is 7. The van der Waals surface area contributed by atoms with Crippen LogP contribution in [0.2, 0.25) is 0 Å². The smallest absolute Gasteiger partial charge is 0.408 e. The van der Waals surface area contributed by atoms with Gasteiger partial charge in [-0.1, -0.05) is 60.7 Å². The Kier molecular flexibility index (Phi) is 8.55. The molecule has 4 rings (SSSR count). The highest BCUT2D eigenvalue weighted by molar-refractivity contribution is 5.86. The number of alkyl carbamates (subject to hydrolysis) is 1. The van der Waals surface area contributed by atoms with Crippen molar-refractivity contribution in [3.8, 4) is 6.07 Å². The Balaban J connectivity index is 1.41. The Bertz CT molecular complexity index is 1180. The van der Waals surface area contributed by atoms with Gasteiger partial charge in [0.15, 0.2) is 0 Å². The lowest BCUT2D eigenvalue weighted by Gasteiger charge is -2.27. The summed E-state index contributed by atoms with van der Waals surface area (Å²) in [5.41, 5.74) is 3.51. The van der Waals surface area contributed by atoms with E-state index in [1.165, 1.54) is 0 Å². The highest BCUT2D eigenvalue weighted by atomic mass is 16.5. The number of benzene rings is 3. The molecule has 0 unspecified atom stereocenters. The molecule has 7 nitrogen and oxygen atoms in total. The van der Waals surface area contributed by atoms with Gasteiger partial charge < -0.3 is 19.9 Å². The van der Waals surface area contributed by atoms with E-state index in [0.29, 0.717) is 31.6 Å². The first-order chi connectivity index (χ1) is 17.6. The first kappa shape index (κ1) is 24.8. The van der Waals surface area contributed by atoms with Gasteiger partial charge in [-0.05, 0) is 41.8 Å². The third kappa shape index (κ3) is 6.86. The molecule has 36 heavy (non-hydrogen) atoms. The zero-order chi connectivity index (χ0) is 25.2. The molecule has 1 aliphatic rings. The third-order valence-electron chi connectivity index (χ3n) is 6.25. The van der Waals surface area contributed by atoms with E-state index in [4.69, 9.17) is 10.00 Å². The topological polar surface area (TPSA) is 85.7 Å². The van der Waals surface area contributed by atoms with Gasteiger partial charge in [-0.15, -0.1) is 0 Å². The fraction of sp³-hybridized carbons (Fsp3) is 0.276. The molecule has 1 fully saturated rings. The lowest BCUT2D eigenvalue weighted by atomic mass is 10.0. The molecule has 1 saturated heterocycles. The molecule has 0 bridgehead atoms. The molecule has 0 spiro atoms. The largest absolute Gasteiger partial charge is 0.445 e. The molecular weight excluding hydrogens is 452 g/mol. The zero-order valence-corrected chi connectivity index (χ0v) is 20.2. The van der Waals surface area contributed by atoms with Crippen molar-refractivity contribution in [2.24, 2.45) is 0 Å². The van der Waals surface area contributed by atoms with Crippen LogP contribution in [0.25, 0.3) is 0 Å². The van der Waals surface area contributed by atoms with E-state index in [2.05, 4.69) is 16.3 Å². The second-order valence-corrected chi connectivity index (χ2v) is 8.77. The highest BCUT2D eigenvalue weighted by Gasteiger charge is 2.28. The predicted octanol–water partition coefficient (Wildman–Crippen LogP) is 4.13. The number of carbonyl (C=O) groups excluding carboxylic acids is 2. The van der Waals surface area contributed by atoms with Gasteiger partial charge in [0.05, 0.1) is 11.6 Å². The molecule has 1 atom stereocenters. The molecule has 184 valence electrons. The Morgan fingerprint density at radius 1 is 0.861 bits per heavy atom. The Labute approximate surface area is 211 Å². The van der Waals surface area contributed by atoms with Crippen LogP contribution in [0.4, 0.5) is 10.5 Å². The second kappa shape index (κ2) is 12.4. The predicted molar refractivity (Wildman–Crippen MR) is 138 cm³/mol. The minimum atomic E-state index is -0.725. The summed E-state index contributed by atoms with van der Waals surface area (Å²) >= 11 is 0. The molecule has 1 aliphatic heterocycles. The standard InChI is InChI=1S/C29H30N4O3/c30-21-24-12-14-26(15-13-24)32-16-7-17-33(19-18-32)28(34)27(20-23-8-3-1-4-9-23)31-29(35)36-22-25-10-5-2-6-11-25/h1-6,8-15,27H,7,16-20,22H2,(H,31,35)/t27-/m0/s1. The van der Waals surface area contributed by atoms with E-state index >= 15 is 0 Å². The maximum Gasteiger partial charge on any atom is 0.408 e. The van der Waals surface area contributed by atoms with Crippen LogP contribution in [-0.2, 0) is 22.6 Å². The van der Waals surface area contributed by atoms with Crippen LogP contribution < -0.4 is 10.2 Å². The van der Waals surface area contributed by atoms with Crippen LogP contribution in [-0.4, -0.2) is 49.1 Å². The van der Waals surface area contributed by atoms with Crippen LogP contribution in [0.3, 0.4) is 0 Å². The summed E-state index contributed by atoms with van der Waals surface area (Å²) < 4.78 is 5.40. The molecule has 7 heteroatoms. The van der Waals surface area contributed by atoms with E-state index in [0.717, 1.165) is 29.8 Å². The van der Waals surface area contributed by atoms with E-state index in [1.807, 2.05) is 89.8 Å². The first-order valence-corrected chi connectivity index (χ1v) is 12.2. The molecular formula is C29H30N4O3. The van der Waals surface area contributed by atoms with Crippen molar-refractivity contribution in [2.75, 3.05) is 31.1 Å². The lowest BCUT2D eigenvalue weighted by molar-refractivity contribution is -0.133. The van der Waals surface area contributed by atoms with Gasteiger partial charge in [0.25, 0.3) is 0 Å². The van der Waals surface area contributed by atoms with Gasteiger partial charge >= 0.3 is 6.09 Å². The van der Waals surface area contributed by atoms with E-state index < -0.39 is 12.1 Å². The van der Waals surface area contributed by atoms with Gasteiger partial charge in [-0.3, -0.25) is 4.79 Å². The number of amides is 2. The van der Waals surface area contributed by atoms with Crippen LogP contribution in [0.15, 0.2) is 84.9 Å². The van der Waals surface area contributed by atoms with Gasteiger partial charge in [0, 0.05) is 38.3 Å². The van der Waals surface area contributed by atoms with Gasteiger partial charge in [0.2, 0.25) is 5.91 Å². The van der Waals surface area contributed by atoms with Gasteiger partial charge in [0.1, 0.15) is 12.6 Å². The number of nitrogens with zero attached hydrogens (tertiary/aromatic N) is 3. The van der Waals surface area contributed by atoms with E-state index in [1.54, 1.807) is 0 Å². The number of anilines is 1. The van der Waals surface area contributed by atoms with Crippen molar-refractivity contribution >= 4 is 17.7 Å². The normalized spacial score (nSPS) is 14.3. The van der Waals surface area contributed by atoms with Crippen molar-refractivity contribution < 1.29 is 14.3 Å². The van der Waals surface area contributed by atoms with Gasteiger partial charge in [-0.25, -0.2) is 4.79 Å². The lowest BCUT2D eigenvalue weighted by Crippen LogP contribution is -2.50. The first-order valence-electron chi connectivity index (χ1n) is 12.2. The third-order valence-corrected chi connectivity index (χ3v) is 6.25. The molecule has 1 N–H and O–H groups in total. The molecule has 3 aromatic rings. The maximum absolute atomic E-state index is 13.6. The highest BCUT2D eigenvalue weighted by Crippen LogP contribution is 2.18. The molecule has 0 aliphatic carbocycles. The Morgan fingerprint density at radius 3 is 2.19 bits per heavy atom. The van der Waals surface area contributed by atoms with E-state index in [9.17, 15) is 9.59 Å². The summed E-state index contributed by atoms with van der Waals surface area (Å²) in [7, 11) is 0. The number of hydrogen-bond donors (Lipinski definition) is 1. The maximum atomic E-state index is 13.6. The summed E-state index contributed by atoms with van der Waals surface area (Å²) in [5.74, 6) is -0.114. The van der Waals surface area contributed by atoms with Crippen LogP contribution in [0.5, 0.6) is 0 Å². The summed E-state index contributed by atoms with van der Waals surface area (Å²) in [6.07, 6.45) is 0.584.